The van der Waals surface area contributed by atoms with Crippen LogP contribution in [0, 0.1) is 0 Å². The Kier molecular flexibility index (Phi) is 1.56. The number of fused-ring (bicyclic) bond motifs is 1. The van der Waals surface area contributed by atoms with Crippen LogP contribution in [0.2, 0.25) is 0 Å². The zero-order valence-corrected chi connectivity index (χ0v) is 6.20. The molecule has 0 aliphatic carbocycles. The first-order valence-corrected chi connectivity index (χ1v) is 3.73. The van der Waals surface area contributed by atoms with Gasteiger partial charge in [0.25, 0.3) is 0 Å². The molecule has 0 saturated heterocycles. The quantitative estimate of drug-likeness (QED) is 0.528. The Bertz CT molecular complexity index is 310. The summed E-state index contributed by atoms with van der Waals surface area (Å²) in [5.41, 5.74) is 2.63. The molecule has 1 aromatic rings. The van der Waals surface area contributed by atoms with Crippen LogP contribution in [0.15, 0.2) is 35.5 Å². The molecule has 1 aliphatic heterocycles. The minimum Gasteiger partial charge on any atom is -0.269 e. The average molecular weight is 143 g/mol. The van der Waals surface area contributed by atoms with Crippen molar-refractivity contribution in [1.82, 2.24) is 0 Å². The van der Waals surface area contributed by atoms with E-state index in [1.165, 1.54) is 11.1 Å². The largest absolute Gasteiger partial charge is 0.269 e. The van der Waals surface area contributed by atoms with E-state index in [0.717, 1.165) is 6.42 Å². The van der Waals surface area contributed by atoms with Crippen LogP contribution in [0.25, 0.3) is 6.08 Å². The van der Waals surface area contributed by atoms with Crippen molar-refractivity contribution in [2.75, 3.05) is 0 Å². The van der Waals surface area contributed by atoms with Crippen molar-refractivity contribution in [1.29, 1.82) is 0 Å². The summed E-state index contributed by atoms with van der Waals surface area (Å²) in [7, 11) is 0. The average Bonchev–Trinajstić information content (AvgIpc) is 2.28. The Morgan fingerprint density at radius 2 is 2.09 bits per heavy atom. The Morgan fingerprint density at radius 3 is 3.09 bits per heavy atom. The van der Waals surface area contributed by atoms with Gasteiger partial charge in [0, 0.05) is 18.8 Å². The summed E-state index contributed by atoms with van der Waals surface area (Å²) in [4.78, 5) is 4.08. The van der Waals surface area contributed by atoms with Crippen LogP contribution in [-0.2, 0) is 6.42 Å². The second kappa shape index (κ2) is 2.70. The number of aliphatic imine (C=N–C) groups is 1. The summed E-state index contributed by atoms with van der Waals surface area (Å²) in [6.45, 7) is 0. The molecule has 2 rings (SSSR count). The predicted octanol–water partition coefficient (Wildman–Crippen LogP) is 2.28. The van der Waals surface area contributed by atoms with E-state index in [9.17, 15) is 0 Å². The van der Waals surface area contributed by atoms with Gasteiger partial charge in [0.05, 0.1) is 0 Å². The van der Waals surface area contributed by atoms with E-state index in [2.05, 4.69) is 29.3 Å². The Balaban J connectivity index is 2.52. The topological polar surface area (TPSA) is 12.4 Å². The van der Waals surface area contributed by atoms with Gasteiger partial charge in [-0.1, -0.05) is 24.3 Å². The Morgan fingerprint density at radius 1 is 1.18 bits per heavy atom. The zero-order chi connectivity index (χ0) is 7.52. The first kappa shape index (κ1) is 6.35. The molecular formula is C10H9N. The molecule has 1 heterocycles. The second-order valence-electron chi connectivity index (χ2n) is 2.55. The van der Waals surface area contributed by atoms with Gasteiger partial charge >= 0.3 is 0 Å². The van der Waals surface area contributed by atoms with Crippen molar-refractivity contribution in [3.8, 4) is 0 Å². The zero-order valence-electron chi connectivity index (χ0n) is 6.20. The van der Waals surface area contributed by atoms with Crippen LogP contribution in [0.5, 0.6) is 0 Å². The van der Waals surface area contributed by atoms with Crippen LogP contribution in [0.4, 0.5) is 0 Å². The van der Waals surface area contributed by atoms with Crippen molar-refractivity contribution >= 4 is 12.3 Å². The molecular weight excluding hydrogens is 134 g/mol. The maximum atomic E-state index is 4.08. The van der Waals surface area contributed by atoms with Gasteiger partial charge in [-0.25, -0.2) is 0 Å². The maximum Gasteiger partial charge on any atom is 0.0270 e. The lowest BCUT2D eigenvalue weighted by Crippen LogP contribution is -1.87. The first-order chi connectivity index (χ1) is 5.47. The molecule has 0 radical (unpaired) electrons. The SMILES string of the molecule is C1=Cc2ccccc2CC=N1. The third-order valence-corrected chi connectivity index (χ3v) is 1.81. The molecule has 11 heavy (non-hydrogen) atoms. The van der Waals surface area contributed by atoms with Crippen LogP contribution in [0.3, 0.4) is 0 Å². The molecule has 0 atom stereocenters. The van der Waals surface area contributed by atoms with Gasteiger partial charge in [-0.05, 0) is 17.2 Å². The van der Waals surface area contributed by atoms with Gasteiger partial charge in [0.15, 0.2) is 0 Å². The van der Waals surface area contributed by atoms with Gasteiger partial charge in [0.2, 0.25) is 0 Å². The fourth-order valence-electron chi connectivity index (χ4n) is 1.22. The summed E-state index contributed by atoms with van der Waals surface area (Å²) in [6, 6.07) is 8.36. The van der Waals surface area contributed by atoms with Crippen molar-refractivity contribution in [2.45, 2.75) is 6.42 Å². The van der Waals surface area contributed by atoms with E-state index in [4.69, 9.17) is 0 Å². The number of hydrogen-bond acceptors (Lipinski definition) is 1. The highest BCUT2D eigenvalue weighted by Gasteiger charge is 1.97. The standard InChI is InChI=1S/C10H9N/c1-2-4-10-6-8-11-7-5-9(10)3-1/h1-5,7-8H,6H2. The van der Waals surface area contributed by atoms with Crippen LogP contribution >= 0.6 is 0 Å². The maximum absolute atomic E-state index is 4.08. The van der Waals surface area contributed by atoms with Gasteiger partial charge < -0.3 is 0 Å². The Hall–Kier alpha value is -1.37. The van der Waals surface area contributed by atoms with E-state index in [1.54, 1.807) is 0 Å². The van der Waals surface area contributed by atoms with Gasteiger partial charge in [-0.3, -0.25) is 4.99 Å². The highest BCUT2D eigenvalue weighted by Crippen LogP contribution is 2.12. The van der Waals surface area contributed by atoms with Crippen molar-refractivity contribution in [2.24, 2.45) is 4.99 Å². The van der Waals surface area contributed by atoms with E-state index in [-0.39, 0.29) is 0 Å². The van der Waals surface area contributed by atoms with Gasteiger partial charge in [0.1, 0.15) is 0 Å². The lowest BCUT2D eigenvalue weighted by molar-refractivity contribution is 1.35. The molecule has 0 spiro atoms. The lowest BCUT2D eigenvalue weighted by atomic mass is 10.1. The molecule has 0 saturated carbocycles. The molecule has 0 unspecified atom stereocenters. The highest BCUT2D eigenvalue weighted by atomic mass is 14.7. The molecule has 1 nitrogen and oxygen atoms in total. The molecule has 0 fully saturated rings. The third kappa shape index (κ3) is 1.22. The molecule has 0 bridgehead atoms. The molecule has 0 aromatic heterocycles. The minimum absolute atomic E-state index is 0.948. The summed E-state index contributed by atoms with van der Waals surface area (Å²) in [5.74, 6) is 0. The normalized spacial score (nSPS) is 14.2. The monoisotopic (exact) mass is 143 g/mol. The molecule has 0 N–H and O–H groups in total. The summed E-state index contributed by atoms with van der Waals surface area (Å²) in [5, 5.41) is 0. The van der Waals surface area contributed by atoms with E-state index < -0.39 is 0 Å². The van der Waals surface area contributed by atoms with Crippen molar-refractivity contribution in [3.05, 3.63) is 41.6 Å². The van der Waals surface area contributed by atoms with Crippen LogP contribution < -0.4 is 0 Å². The van der Waals surface area contributed by atoms with Crippen LogP contribution in [0.1, 0.15) is 11.1 Å². The number of nitrogens with zero attached hydrogens (tertiary/aromatic N) is 1. The number of rotatable bonds is 0. The number of benzene rings is 1. The van der Waals surface area contributed by atoms with E-state index >= 15 is 0 Å². The molecule has 1 heteroatoms. The molecule has 0 amide bonds. The summed E-state index contributed by atoms with van der Waals surface area (Å²) >= 11 is 0. The first-order valence-electron chi connectivity index (χ1n) is 3.73. The number of hydrogen-bond donors (Lipinski definition) is 0. The second-order valence-corrected chi connectivity index (χ2v) is 2.55. The fourth-order valence-corrected chi connectivity index (χ4v) is 1.22. The third-order valence-electron chi connectivity index (χ3n) is 1.81. The van der Waals surface area contributed by atoms with Crippen LogP contribution in [-0.4, -0.2) is 6.21 Å². The van der Waals surface area contributed by atoms with E-state index in [1.807, 2.05) is 18.5 Å². The summed E-state index contributed by atoms with van der Waals surface area (Å²) < 4.78 is 0. The minimum atomic E-state index is 0.948. The van der Waals surface area contributed by atoms with Crippen molar-refractivity contribution in [3.63, 3.8) is 0 Å². The predicted molar refractivity (Wildman–Crippen MR) is 47.7 cm³/mol. The molecule has 1 aliphatic rings. The lowest BCUT2D eigenvalue weighted by Gasteiger charge is -1.98. The van der Waals surface area contributed by atoms with E-state index in [0.29, 0.717) is 0 Å². The highest BCUT2D eigenvalue weighted by molar-refractivity contribution is 5.69. The molecule has 54 valence electrons. The van der Waals surface area contributed by atoms with Gasteiger partial charge in [-0.15, -0.1) is 0 Å². The smallest absolute Gasteiger partial charge is 0.0270 e. The van der Waals surface area contributed by atoms with Gasteiger partial charge in [-0.2, -0.15) is 0 Å². The fraction of sp³-hybridized carbons (Fsp3) is 0.100. The van der Waals surface area contributed by atoms with Crippen molar-refractivity contribution < 1.29 is 0 Å². The summed E-state index contributed by atoms with van der Waals surface area (Å²) in [6.07, 6.45) is 6.76. The Labute approximate surface area is 66.1 Å². The molecule has 1 aromatic carbocycles.